The first-order valence-electron chi connectivity index (χ1n) is 6.78. The summed E-state index contributed by atoms with van der Waals surface area (Å²) in [6.45, 7) is 4.02. The Labute approximate surface area is 123 Å². The molecule has 1 aliphatic heterocycles. The van der Waals surface area contributed by atoms with E-state index < -0.39 is 24.0 Å². The Morgan fingerprint density at radius 3 is 2.62 bits per heavy atom. The van der Waals surface area contributed by atoms with Gasteiger partial charge in [0.25, 0.3) is 5.78 Å². The molecule has 8 heteroatoms. The fourth-order valence-corrected chi connectivity index (χ4v) is 2.35. The standard InChI is InChI=1S/C13H20N4O4/c1-8(2)11(16-13(20)21-3)12(19)17-6-4-5-9(17)10(18)7-15-14/h7-9,11H,4-6H2,1-3H3,(H,16,20). The first-order valence-corrected chi connectivity index (χ1v) is 6.78. The van der Waals surface area contributed by atoms with Gasteiger partial charge in [0, 0.05) is 6.54 Å². The minimum Gasteiger partial charge on any atom is -0.453 e. The van der Waals surface area contributed by atoms with Gasteiger partial charge in [0.2, 0.25) is 5.91 Å². The summed E-state index contributed by atoms with van der Waals surface area (Å²) in [7, 11) is 1.22. The van der Waals surface area contributed by atoms with Crippen LogP contribution in [0, 0.1) is 5.92 Å². The number of carbonyl (C=O) groups excluding carboxylic acids is 3. The molecule has 21 heavy (non-hydrogen) atoms. The number of ketones is 1. The molecular weight excluding hydrogens is 276 g/mol. The molecule has 0 aliphatic carbocycles. The molecule has 0 bridgehead atoms. The third-order valence-corrected chi connectivity index (χ3v) is 3.44. The number of hydrogen-bond donors (Lipinski definition) is 1. The zero-order valence-corrected chi connectivity index (χ0v) is 12.4. The second kappa shape index (κ2) is 7.54. The number of rotatable bonds is 5. The lowest BCUT2D eigenvalue weighted by atomic mass is 10.0. The van der Waals surface area contributed by atoms with Crippen molar-refractivity contribution in [2.24, 2.45) is 5.92 Å². The van der Waals surface area contributed by atoms with Crippen molar-refractivity contribution in [3.63, 3.8) is 0 Å². The highest BCUT2D eigenvalue weighted by Gasteiger charge is 2.39. The molecule has 0 radical (unpaired) electrons. The molecule has 0 saturated carbocycles. The van der Waals surface area contributed by atoms with Crippen molar-refractivity contribution >= 4 is 24.0 Å². The number of hydrogen-bond acceptors (Lipinski definition) is 4. The van der Waals surface area contributed by atoms with E-state index in [1.54, 1.807) is 13.8 Å². The summed E-state index contributed by atoms with van der Waals surface area (Å²) in [6, 6.07) is -1.41. The van der Waals surface area contributed by atoms with E-state index in [2.05, 4.69) is 14.8 Å². The number of alkyl carbamates (subject to hydrolysis) is 1. The summed E-state index contributed by atoms with van der Waals surface area (Å²) < 4.78 is 4.51. The average Bonchev–Trinajstić information content (AvgIpc) is 2.93. The number of nitrogens with one attached hydrogen (secondary N) is 1. The average molecular weight is 296 g/mol. The highest BCUT2D eigenvalue weighted by Crippen LogP contribution is 2.20. The van der Waals surface area contributed by atoms with E-state index in [-0.39, 0.29) is 11.8 Å². The van der Waals surface area contributed by atoms with Gasteiger partial charge in [-0.2, -0.15) is 4.79 Å². The van der Waals surface area contributed by atoms with Crippen LogP contribution < -0.4 is 5.32 Å². The number of Topliss-reactive ketones (excluding diaryl/α,β-unsaturated/α-hetero) is 1. The van der Waals surface area contributed by atoms with Crippen LogP contribution in [0.5, 0.6) is 0 Å². The first-order chi connectivity index (χ1) is 9.92. The predicted octanol–water partition coefficient (Wildman–Crippen LogP) is 0.228. The zero-order chi connectivity index (χ0) is 16.0. The third-order valence-electron chi connectivity index (χ3n) is 3.44. The molecule has 1 fully saturated rings. The van der Waals surface area contributed by atoms with Gasteiger partial charge in [-0.1, -0.05) is 13.8 Å². The summed E-state index contributed by atoms with van der Waals surface area (Å²) in [5, 5.41) is 2.49. The molecule has 8 nitrogen and oxygen atoms in total. The summed E-state index contributed by atoms with van der Waals surface area (Å²) in [5.41, 5.74) is 8.44. The van der Waals surface area contributed by atoms with Crippen LogP contribution in [0.4, 0.5) is 4.79 Å². The number of likely N-dealkylation sites (tertiary alicyclic amines) is 1. The van der Waals surface area contributed by atoms with Crippen molar-refractivity contribution in [3.8, 4) is 0 Å². The van der Waals surface area contributed by atoms with Gasteiger partial charge in [-0.05, 0) is 18.8 Å². The Balaban J connectivity index is 2.89. The van der Waals surface area contributed by atoms with Crippen LogP contribution in [0.25, 0.3) is 5.53 Å². The van der Waals surface area contributed by atoms with Gasteiger partial charge in [0.05, 0.1) is 7.11 Å². The summed E-state index contributed by atoms with van der Waals surface area (Å²) >= 11 is 0. The normalized spacial score (nSPS) is 18.9. The van der Waals surface area contributed by atoms with Crippen LogP contribution in [0.3, 0.4) is 0 Å². The third kappa shape index (κ3) is 4.13. The van der Waals surface area contributed by atoms with E-state index in [9.17, 15) is 14.4 Å². The number of amides is 2. The second-order valence-electron chi connectivity index (χ2n) is 5.19. The van der Waals surface area contributed by atoms with Crippen LogP contribution in [0.2, 0.25) is 0 Å². The molecule has 2 amide bonds. The van der Waals surface area contributed by atoms with E-state index in [4.69, 9.17) is 5.53 Å². The van der Waals surface area contributed by atoms with Crippen LogP contribution in [-0.2, 0) is 14.3 Å². The van der Waals surface area contributed by atoms with Gasteiger partial charge in [-0.15, -0.1) is 0 Å². The maximum Gasteiger partial charge on any atom is 0.407 e. The molecule has 2 atom stereocenters. The Kier molecular flexibility index (Phi) is 6.05. The highest BCUT2D eigenvalue weighted by atomic mass is 16.5. The molecule has 1 N–H and O–H groups in total. The smallest absolute Gasteiger partial charge is 0.407 e. The number of carbonyl (C=O) groups is 3. The second-order valence-corrected chi connectivity index (χ2v) is 5.19. The topological polar surface area (TPSA) is 112 Å². The van der Waals surface area contributed by atoms with Crippen LogP contribution >= 0.6 is 0 Å². The maximum absolute atomic E-state index is 12.6. The quantitative estimate of drug-likeness (QED) is 0.444. The Bertz CT molecular complexity index is 471. The van der Waals surface area contributed by atoms with E-state index in [1.165, 1.54) is 12.0 Å². The molecule has 1 heterocycles. The molecular formula is C13H20N4O4. The fraction of sp³-hybridized carbons (Fsp3) is 0.692. The van der Waals surface area contributed by atoms with Crippen LogP contribution in [0.15, 0.2) is 0 Å². The van der Waals surface area contributed by atoms with Gasteiger partial charge in [0.1, 0.15) is 12.1 Å². The van der Waals surface area contributed by atoms with Crippen LogP contribution in [0.1, 0.15) is 26.7 Å². The molecule has 116 valence electrons. The van der Waals surface area contributed by atoms with Gasteiger partial charge in [0.15, 0.2) is 0 Å². The van der Waals surface area contributed by atoms with E-state index >= 15 is 0 Å². The monoisotopic (exact) mass is 296 g/mol. The Morgan fingerprint density at radius 1 is 1.43 bits per heavy atom. The minimum atomic E-state index is -0.767. The van der Waals surface area contributed by atoms with Gasteiger partial charge in [-0.25, -0.2) is 4.79 Å². The number of nitrogens with zero attached hydrogens (tertiary/aromatic N) is 3. The lowest BCUT2D eigenvalue weighted by molar-refractivity contribution is -0.138. The predicted molar refractivity (Wildman–Crippen MR) is 73.6 cm³/mol. The molecule has 1 rings (SSSR count). The highest BCUT2D eigenvalue weighted by molar-refractivity contribution is 6.28. The van der Waals surface area contributed by atoms with Crippen molar-refractivity contribution in [2.45, 2.75) is 38.8 Å². The summed E-state index contributed by atoms with van der Waals surface area (Å²) in [4.78, 5) is 39.8. The number of ether oxygens (including phenoxy) is 1. The summed E-state index contributed by atoms with van der Waals surface area (Å²) in [6.07, 6.45) is 1.31. The van der Waals surface area contributed by atoms with Crippen molar-refractivity contribution in [1.82, 2.24) is 10.2 Å². The van der Waals surface area contributed by atoms with Crippen molar-refractivity contribution in [3.05, 3.63) is 5.53 Å². The van der Waals surface area contributed by atoms with E-state index in [0.29, 0.717) is 19.4 Å². The molecule has 1 saturated heterocycles. The fourth-order valence-electron chi connectivity index (χ4n) is 2.35. The van der Waals surface area contributed by atoms with Crippen molar-refractivity contribution < 1.29 is 23.9 Å². The minimum absolute atomic E-state index is 0.153. The largest absolute Gasteiger partial charge is 0.453 e. The Morgan fingerprint density at radius 2 is 2.10 bits per heavy atom. The molecule has 1 aliphatic rings. The molecule has 0 aromatic heterocycles. The van der Waals surface area contributed by atoms with E-state index in [1.807, 2.05) is 0 Å². The van der Waals surface area contributed by atoms with Crippen LogP contribution in [-0.4, -0.2) is 59.4 Å². The first kappa shape index (κ1) is 16.8. The van der Waals surface area contributed by atoms with E-state index in [0.717, 1.165) is 6.21 Å². The molecule has 0 aromatic carbocycles. The molecule has 0 aromatic rings. The zero-order valence-electron chi connectivity index (χ0n) is 12.4. The SMILES string of the molecule is COC(=O)NC(C(=O)N1CCCC1C(=O)C=[N+]=[N-])C(C)C. The van der Waals surface area contributed by atoms with Crippen molar-refractivity contribution in [2.75, 3.05) is 13.7 Å². The lowest BCUT2D eigenvalue weighted by Gasteiger charge is -2.29. The Hall–Kier alpha value is -2.21. The molecule has 2 unspecified atom stereocenters. The summed E-state index contributed by atoms with van der Waals surface area (Å²) in [5.74, 6) is -0.916. The van der Waals surface area contributed by atoms with Gasteiger partial charge in [-0.3, -0.25) is 9.59 Å². The lowest BCUT2D eigenvalue weighted by Crippen LogP contribution is -2.53. The van der Waals surface area contributed by atoms with Crippen molar-refractivity contribution in [1.29, 1.82) is 0 Å². The van der Waals surface area contributed by atoms with Gasteiger partial charge < -0.3 is 20.5 Å². The van der Waals surface area contributed by atoms with Gasteiger partial charge >= 0.3 is 12.3 Å². The maximum atomic E-state index is 12.6. The number of methoxy groups -OCH3 is 1. The molecule has 0 spiro atoms.